The Kier molecular flexibility index (Phi) is 7.56. The van der Waals surface area contributed by atoms with Crippen molar-refractivity contribution < 1.29 is 9.53 Å². The van der Waals surface area contributed by atoms with E-state index in [2.05, 4.69) is 65.5 Å². The summed E-state index contributed by atoms with van der Waals surface area (Å²) < 4.78 is 5.66. The molecule has 4 aliphatic carbocycles. The van der Waals surface area contributed by atoms with Crippen molar-refractivity contribution in [2.24, 2.45) is 51.8 Å². The van der Waals surface area contributed by atoms with Crippen LogP contribution in [-0.4, -0.2) is 18.3 Å². The van der Waals surface area contributed by atoms with E-state index < -0.39 is 0 Å². The number of rotatable bonds is 8. The summed E-state index contributed by atoms with van der Waals surface area (Å²) in [6.07, 6.45) is 23.3. The van der Waals surface area contributed by atoms with Crippen LogP contribution in [-0.2, 0) is 9.53 Å². The molecule has 0 saturated heterocycles. The third-order valence-corrected chi connectivity index (χ3v) is 11.4. The lowest BCUT2D eigenvalue weighted by Gasteiger charge is -2.64. The maximum Gasteiger partial charge on any atom is 0.330 e. The van der Waals surface area contributed by atoms with Crippen LogP contribution in [0.5, 0.6) is 0 Å². The smallest absolute Gasteiger partial charge is 0.330 e. The van der Waals surface area contributed by atoms with Gasteiger partial charge in [0.15, 0.2) is 0 Å². The Hall–Kier alpha value is -1.64. The van der Waals surface area contributed by atoms with Crippen molar-refractivity contribution in [3.63, 3.8) is 0 Å². The molecule has 3 unspecified atom stereocenters. The zero-order valence-electron chi connectivity index (χ0n) is 22.9. The molecule has 3 saturated carbocycles. The van der Waals surface area contributed by atoms with Gasteiger partial charge in [0, 0.05) is 17.7 Å². The highest BCUT2D eigenvalue weighted by Crippen LogP contribution is 2.71. The van der Waals surface area contributed by atoms with E-state index in [9.17, 15) is 4.79 Å². The van der Waals surface area contributed by atoms with E-state index in [1.807, 2.05) is 6.21 Å². The molecule has 3 fully saturated rings. The Labute approximate surface area is 214 Å². The topological polar surface area (TPSA) is 50.2 Å². The number of fused-ring (bicyclic) bond motifs is 5. The van der Waals surface area contributed by atoms with Gasteiger partial charge in [0.2, 0.25) is 0 Å². The summed E-state index contributed by atoms with van der Waals surface area (Å²) in [4.78, 5) is 11.8. The van der Waals surface area contributed by atoms with Crippen molar-refractivity contribution in [1.29, 1.82) is 5.41 Å². The van der Waals surface area contributed by atoms with Crippen molar-refractivity contribution in [3.05, 3.63) is 37.0 Å². The normalized spacial score (nSPS) is 44.1. The molecule has 0 heterocycles. The largest absolute Gasteiger partial charge is 0.459 e. The van der Waals surface area contributed by atoms with Gasteiger partial charge in [-0.2, -0.15) is 0 Å². The number of allylic oxidation sites excluding steroid dienone is 4. The molecule has 0 aromatic heterocycles. The molecule has 0 aromatic carbocycles. The standard InChI is InChI=1S/C32H49NO2/c1-7-9-22(3)10-11-23(4)26-14-15-27-28-13-12-24-20-25(35-29(34)8-2)16-17-31(24,6)32(28,21-33)19-18-30(26,27)5/h8,10-13,21-28,33H,2,7,9,14-20H2,1,3-6H3/b11-10+,33-21?/t22-,23-,24?,25+,26-,27+,28?,30-,31+,32?/m1/s1. The number of hydrogen-bond acceptors (Lipinski definition) is 3. The van der Waals surface area contributed by atoms with Gasteiger partial charge < -0.3 is 10.1 Å². The summed E-state index contributed by atoms with van der Waals surface area (Å²) in [6, 6.07) is 0. The Bertz CT molecular complexity index is 875. The van der Waals surface area contributed by atoms with Gasteiger partial charge in [0.1, 0.15) is 6.10 Å². The van der Waals surface area contributed by atoms with E-state index in [4.69, 9.17) is 10.1 Å². The van der Waals surface area contributed by atoms with Gasteiger partial charge in [-0.3, -0.25) is 0 Å². The van der Waals surface area contributed by atoms with Crippen molar-refractivity contribution in [3.8, 4) is 0 Å². The average molecular weight is 480 g/mol. The third-order valence-electron chi connectivity index (χ3n) is 11.4. The lowest BCUT2D eigenvalue weighted by Crippen LogP contribution is -2.60. The molecule has 0 radical (unpaired) electrons. The van der Waals surface area contributed by atoms with Crippen LogP contribution in [0.15, 0.2) is 37.0 Å². The van der Waals surface area contributed by atoms with Gasteiger partial charge in [-0.15, -0.1) is 0 Å². The molecule has 0 aromatic rings. The van der Waals surface area contributed by atoms with Gasteiger partial charge in [-0.25, -0.2) is 4.79 Å². The van der Waals surface area contributed by atoms with E-state index in [1.165, 1.54) is 38.2 Å². The Morgan fingerprint density at radius 3 is 2.60 bits per heavy atom. The second-order valence-electron chi connectivity index (χ2n) is 13.0. The minimum absolute atomic E-state index is 0.0324. The maximum atomic E-state index is 11.8. The number of carbonyl (C=O) groups excluding carboxylic acids is 1. The van der Waals surface area contributed by atoms with Gasteiger partial charge in [-0.05, 0) is 97.7 Å². The molecule has 10 atom stereocenters. The van der Waals surface area contributed by atoms with Crippen molar-refractivity contribution in [1.82, 2.24) is 0 Å². The highest BCUT2D eigenvalue weighted by Gasteiger charge is 2.65. The predicted octanol–water partition coefficient (Wildman–Crippen LogP) is 8.17. The fourth-order valence-electron chi connectivity index (χ4n) is 9.22. The van der Waals surface area contributed by atoms with Crippen LogP contribution in [0.4, 0.5) is 0 Å². The zero-order valence-corrected chi connectivity index (χ0v) is 22.9. The number of hydrogen-bond donors (Lipinski definition) is 1. The van der Waals surface area contributed by atoms with Gasteiger partial charge in [-0.1, -0.05) is 71.9 Å². The van der Waals surface area contributed by atoms with Crippen LogP contribution in [0.2, 0.25) is 0 Å². The minimum Gasteiger partial charge on any atom is -0.459 e. The summed E-state index contributed by atoms with van der Waals surface area (Å²) >= 11 is 0. The fraction of sp³-hybridized carbons (Fsp3) is 0.750. The zero-order chi connectivity index (χ0) is 25.4. The molecule has 0 aliphatic heterocycles. The quantitative estimate of drug-likeness (QED) is 0.165. The lowest BCUT2D eigenvalue weighted by atomic mass is 9.39. The molecule has 35 heavy (non-hydrogen) atoms. The van der Waals surface area contributed by atoms with E-state index in [-0.39, 0.29) is 22.9 Å². The van der Waals surface area contributed by atoms with E-state index in [0.29, 0.717) is 35.0 Å². The Balaban J connectivity index is 1.57. The molecule has 194 valence electrons. The molecule has 1 N–H and O–H groups in total. The monoisotopic (exact) mass is 479 g/mol. The first-order chi connectivity index (χ1) is 16.6. The number of ether oxygens (including phenoxy) is 1. The summed E-state index contributed by atoms with van der Waals surface area (Å²) in [5.74, 6) is 3.17. The molecular weight excluding hydrogens is 430 g/mol. The summed E-state index contributed by atoms with van der Waals surface area (Å²) in [5, 5.41) is 8.79. The SMILES string of the molecule is C=CC(=O)O[C@H]1CC[C@@]2(C)C(C=CC3[C@@H]4CC[C@H]([C@H](C)/C=C/[C@H](C)CCC)[C@@]4(C)CCC32C=N)C1. The Morgan fingerprint density at radius 1 is 1.14 bits per heavy atom. The first-order valence-corrected chi connectivity index (χ1v) is 14.4. The molecule has 3 nitrogen and oxygen atoms in total. The molecule has 0 spiro atoms. The molecule has 4 aliphatic rings. The van der Waals surface area contributed by atoms with Crippen molar-refractivity contribution >= 4 is 12.2 Å². The minimum atomic E-state index is -0.310. The first-order valence-electron chi connectivity index (χ1n) is 14.4. The molecular formula is C32H49NO2. The van der Waals surface area contributed by atoms with E-state index in [1.54, 1.807) is 0 Å². The second-order valence-corrected chi connectivity index (χ2v) is 13.0. The van der Waals surface area contributed by atoms with Crippen molar-refractivity contribution in [2.45, 2.75) is 98.5 Å². The molecule has 3 heteroatoms. The molecule has 0 bridgehead atoms. The molecule has 4 rings (SSSR count). The highest BCUT2D eigenvalue weighted by molar-refractivity contribution is 5.81. The average Bonchev–Trinajstić information content (AvgIpc) is 3.20. The summed E-state index contributed by atoms with van der Waals surface area (Å²) in [5.41, 5.74) is 0.332. The van der Waals surface area contributed by atoms with Crippen LogP contribution in [0.25, 0.3) is 0 Å². The Morgan fingerprint density at radius 2 is 1.91 bits per heavy atom. The summed E-state index contributed by atoms with van der Waals surface area (Å²) in [6.45, 7) is 15.7. The number of nitrogens with one attached hydrogen (secondary N) is 1. The summed E-state index contributed by atoms with van der Waals surface area (Å²) in [7, 11) is 0. The predicted molar refractivity (Wildman–Crippen MR) is 145 cm³/mol. The second kappa shape index (κ2) is 10.0. The fourth-order valence-corrected chi connectivity index (χ4v) is 9.22. The van der Waals surface area contributed by atoms with Crippen molar-refractivity contribution in [2.75, 3.05) is 0 Å². The lowest BCUT2D eigenvalue weighted by molar-refractivity contribution is -0.152. The first kappa shape index (κ1) is 26.4. The highest BCUT2D eigenvalue weighted by atomic mass is 16.5. The van der Waals surface area contributed by atoms with Gasteiger partial charge >= 0.3 is 5.97 Å². The third kappa shape index (κ3) is 4.29. The number of carbonyl (C=O) groups is 1. The van der Waals surface area contributed by atoms with Crippen LogP contribution in [0, 0.1) is 57.2 Å². The van der Waals surface area contributed by atoms with Crippen LogP contribution in [0.1, 0.15) is 92.4 Å². The van der Waals surface area contributed by atoms with Gasteiger partial charge in [0.05, 0.1) is 0 Å². The van der Waals surface area contributed by atoms with Gasteiger partial charge in [0.25, 0.3) is 0 Å². The number of esters is 1. The van der Waals surface area contributed by atoms with Crippen LogP contribution >= 0.6 is 0 Å². The molecule has 0 amide bonds. The van der Waals surface area contributed by atoms with E-state index in [0.717, 1.165) is 31.6 Å². The van der Waals surface area contributed by atoms with E-state index >= 15 is 0 Å². The maximum absolute atomic E-state index is 11.8. The van der Waals surface area contributed by atoms with Crippen LogP contribution in [0.3, 0.4) is 0 Å². The van der Waals surface area contributed by atoms with Crippen LogP contribution < -0.4 is 0 Å².